The Balaban J connectivity index is 1.68. The third-order valence-corrected chi connectivity index (χ3v) is 5.72. The number of nitrogens with zero attached hydrogens (tertiary/aromatic N) is 1. The molecule has 1 atom stereocenters. The van der Waals surface area contributed by atoms with Crippen molar-refractivity contribution in [2.75, 3.05) is 19.6 Å². The van der Waals surface area contributed by atoms with Gasteiger partial charge in [0.15, 0.2) is 0 Å². The molecule has 1 saturated heterocycles. The Hall–Kier alpha value is -1.65. The van der Waals surface area contributed by atoms with Gasteiger partial charge in [0, 0.05) is 4.88 Å². The third kappa shape index (κ3) is 4.46. The molecule has 1 N–H and O–H groups in total. The molecule has 24 heavy (non-hydrogen) atoms. The van der Waals surface area contributed by atoms with Crippen LogP contribution in [0.25, 0.3) is 0 Å². The number of likely N-dealkylation sites (tertiary alicyclic amines) is 1. The lowest BCUT2D eigenvalue weighted by Gasteiger charge is -2.30. The number of nitrogens with one attached hydrogen (secondary N) is 1. The van der Waals surface area contributed by atoms with Gasteiger partial charge in [-0.1, -0.05) is 42.8 Å². The molecule has 3 nitrogen and oxygen atoms in total. The summed E-state index contributed by atoms with van der Waals surface area (Å²) in [5, 5.41) is 5.31. The van der Waals surface area contributed by atoms with E-state index in [9.17, 15) is 4.79 Å². The van der Waals surface area contributed by atoms with Crippen LogP contribution in [0.1, 0.15) is 41.8 Å². The van der Waals surface area contributed by atoms with E-state index in [4.69, 9.17) is 0 Å². The highest BCUT2D eigenvalue weighted by Gasteiger charge is 2.21. The minimum atomic E-state index is -0.0539. The van der Waals surface area contributed by atoms with Crippen molar-refractivity contribution < 1.29 is 4.79 Å². The number of aryl methyl sites for hydroxylation is 1. The van der Waals surface area contributed by atoms with E-state index in [-0.39, 0.29) is 11.9 Å². The Labute approximate surface area is 148 Å². The molecule has 1 fully saturated rings. The van der Waals surface area contributed by atoms with Crippen LogP contribution in [-0.2, 0) is 4.79 Å². The average molecular weight is 343 g/mol. The summed E-state index contributed by atoms with van der Waals surface area (Å²) < 4.78 is 0. The number of thiophene rings is 1. The highest BCUT2D eigenvalue weighted by molar-refractivity contribution is 7.10. The second-order valence-corrected chi connectivity index (χ2v) is 7.86. The van der Waals surface area contributed by atoms with Gasteiger partial charge in [-0.25, -0.2) is 0 Å². The smallest absolute Gasteiger partial charge is 0.234 e. The van der Waals surface area contributed by atoms with Gasteiger partial charge in [0.05, 0.1) is 12.6 Å². The summed E-state index contributed by atoms with van der Waals surface area (Å²) in [6, 6.07) is 12.5. The van der Waals surface area contributed by atoms with Crippen LogP contribution < -0.4 is 5.32 Å². The monoisotopic (exact) mass is 342 g/mol. The molecule has 1 amide bonds. The van der Waals surface area contributed by atoms with Crippen LogP contribution >= 0.6 is 11.3 Å². The van der Waals surface area contributed by atoms with Crippen molar-refractivity contribution in [2.24, 2.45) is 5.92 Å². The van der Waals surface area contributed by atoms with E-state index in [0.29, 0.717) is 6.54 Å². The van der Waals surface area contributed by atoms with Crippen LogP contribution in [0.4, 0.5) is 0 Å². The molecular formula is C20H26N2OS. The van der Waals surface area contributed by atoms with Crippen LogP contribution in [0, 0.1) is 12.8 Å². The molecule has 1 aliphatic rings. The quantitative estimate of drug-likeness (QED) is 0.891. The summed E-state index contributed by atoms with van der Waals surface area (Å²) in [4.78, 5) is 16.0. The van der Waals surface area contributed by atoms with Crippen molar-refractivity contribution in [2.45, 2.75) is 32.7 Å². The topological polar surface area (TPSA) is 32.3 Å². The lowest BCUT2D eigenvalue weighted by Crippen LogP contribution is -2.42. The fourth-order valence-electron chi connectivity index (χ4n) is 3.16. The van der Waals surface area contributed by atoms with Gasteiger partial charge in [-0.05, 0) is 55.8 Å². The summed E-state index contributed by atoms with van der Waals surface area (Å²) in [5.41, 5.74) is 2.38. The summed E-state index contributed by atoms with van der Waals surface area (Å²) in [6.07, 6.45) is 2.39. The molecule has 1 aromatic carbocycles. The van der Waals surface area contributed by atoms with E-state index in [1.54, 1.807) is 11.3 Å². The number of rotatable bonds is 5. The van der Waals surface area contributed by atoms with E-state index < -0.39 is 0 Å². The maximum Gasteiger partial charge on any atom is 0.234 e. The largest absolute Gasteiger partial charge is 0.343 e. The maximum absolute atomic E-state index is 12.6. The second-order valence-electron chi connectivity index (χ2n) is 6.89. The van der Waals surface area contributed by atoms with Gasteiger partial charge in [-0.15, -0.1) is 11.3 Å². The predicted octanol–water partition coefficient (Wildman–Crippen LogP) is 3.99. The molecule has 1 unspecified atom stereocenters. The highest BCUT2D eigenvalue weighted by atomic mass is 32.1. The van der Waals surface area contributed by atoms with E-state index in [0.717, 1.165) is 24.6 Å². The van der Waals surface area contributed by atoms with Crippen molar-refractivity contribution >= 4 is 17.2 Å². The van der Waals surface area contributed by atoms with Gasteiger partial charge in [0.25, 0.3) is 0 Å². The average Bonchev–Trinajstić information content (AvgIpc) is 3.10. The number of carbonyl (C=O) groups is 1. The van der Waals surface area contributed by atoms with Crippen molar-refractivity contribution in [1.29, 1.82) is 0 Å². The number of piperidine rings is 1. The first-order valence-corrected chi connectivity index (χ1v) is 9.61. The summed E-state index contributed by atoms with van der Waals surface area (Å²) in [7, 11) is 0. The zero-order valence-corrected chi connectivity index (χ0v) is 15.3. The molecule has 3 rings (SSSR count). The maximum atomic E-state index is 12.6. The molecule has 0 radical (unpaired) electrons. The fourth-order valence-corrected chi connectivity index (χ4v) is 3.97. The van der Waals surface area contributed by atoms with Gasteiger partial charge in [-0.3, -0.25) is 9.69 Å². The molecular weight excluding hydrogens is 316 g/mol. The normalized spacial score (nSPS) is 17.6. The standard InChI is InChI=1S/C20H26N2OS/c1-15-5-7-17(8-6-15)20(18-4-3-13-24-18)21-19(23)14-22-11-9-16(2)10-12-22/h3-8,13,16,20H,9-12,14H2,1-2H3,(H,21,23). The molecule has 0 bridgehead atoms. The van der Waals surface area contributed by atoms with Crippen molar-refractivity contribution in [3.05, 3.63) is 57.8 Å². The van der Waals surface area contributed by atoms with Crippen molar-refractivity contribution in [3.8, 4) is 0 Å². The third-order valence-electron chi connectivity index (χ3n) is 4.79. The molecule has 2 aromatic rings. The Morgan fingerprint density at radius 2 is 1.96 bits per heavy atom. The zero-order valence-electron chi connectivity index (χ0n) is 14.5. The Morgan fingerprint density at radius 1 is 1.25 bits per heavy atom. The molecule has 4 heteroatoms. The Morgan fingerprint density at radius 3 is 2.58 bits per heavy atom. The number of hydrogen-bond donors (Lipinski definition) is 1. The van der Waals surface area contributed by atoms with Gasteiger partial charge >= 0.3 is 0 Å². The Kier molecular flexibility index (Phi) is 5.69. The van der Waals surface area contributed by atoms with Crippen LogP contribution in [0.3, 0.4) is 0 Å². The highest BCUT2D eigenvalue weighted by Crippen LogP contribution is 2.26. The second kappa shape index (κ2) is 7.95. The Bertz CT molecular complexity index is 643. The molecule has 0 aliphatic carbocycles. The fraction of sp³-hybridized carbons (Fsp3) is 0.450. The van der Waals surface area contributed by atoms with Gasteiger partial charge in [-0.2, -0.15) is 0 Å². The van der Waals surface area contributed by atoms with Crippen LogP contribution in [0.5, 0.6) is 0 Å². The van der Waals surface area contributed by atoms with Crippen LogP contribution in [0.2, 0.25) is 0 Å². The van der Waals surface area contributed by atoms with Crippen molar-refractivity contribution in [3.63, 3.8) is 0 Å². The predicted molar refractivity (Wildman–Crippen MR) is 100 cm³/mol. The number of benzene rings is 1. The summed E-state index contributed by atoms with van der Waals surface area (Å²) >= 11 is 1.69. The first-order chi connectivity index (χ1) is 11.6. The van der Waals surface area contributed by atoms with Crippen molar-refractivity contribution in [1.82, 2.24) is 10.2 Å². The molecule has 0 saturated carbocycles. The SMILES string of the molecule is Cc1ccc(C(NC(=O)CN2CCC(C)CC2)c2cccs2)cc1. The number of amides is 1. The van der Waals surface area contributed by atoms with Gasteiger partial charge < -0.3 is 5.32 Å². The minimum absolute atomic E-state index is 0.0539. The van der Waals surface area contributed by atoms with Crippen LogP contribution in [0.15, 0.2) is 41.8 Å². The summed E-state index contributed by atoms with van der Waals surface area (Å²) in [6.45, 7) is 6.94. The van der Waals surface area contributed by atoms with E-state index in [1.807, 2.05) is 6.07 Å². The zero-order chi connectivity index (χ0) is 16.9. The van der Waals surface area contributed by atoms with Gasteiger partial charge in [0.1, 0.15) is 0 Å². The molecule has 1 aromatic heterocycles. The molecule has 1 aliphatic heterocycles. The minimum Gasteiger partial charge on any atom is -0.343 e. The van der Waals surface area contributed by atoms with Gasteiger partial charge in [0.2, 0.25) is 5.91 Å². The number of hydrogen-bond acceptors (Lipinski definition) is 3. The summed E-state index contributed by atoms with van der Waals surface area (Å²) in [5.74, 6) is 0.902. The molecule has 128 valence electrons. The number of carbonyl (C=O) groups excluding carboxylic acids is 1. The lowest BCUT2D eigenvalue weighted by molar-refractivity contribution is -0.123. The van der Waals surface area contributed by atoms with E-state index in [1.165, 1.54) is 23.3 Å². The lowest BCUT2D eigenvalue weighted by atomic mass is 9.99. The first-order valence-electron chi connectivity index (χ1n) is 8.73. The molecule has 0 spiro atoms. The molecule has 2 heterocycles. The van der Waals surface area contributed by atoms with E-state index >= 15 is 0 Å². The van der Waals surface area contributed by atoms with E-state index in [2.05, 4.69) is 59.8 Å². The first kappa shape index (κ1) is 17.2. The van der Waals surface area contributed by atoms with Crippen LogP contribution in [-0.4, -0.2) is 30.4 Å².